The summed E-state index contributed by atoms with van der Waals surface area (Å²) in [6, 6.07) is 0. The average Bonchev–Trinajstić information content (AvgIpc) is 2.36. The Kier molecular flexibility index (Phi) is 7.39. The standard InChI is InChI=1S/C15H31N3O/c1-13(2)10-16-11-14-6-5-8-18(12-14)9-7-15(19)17(3)4/h13-14,16H,5-12H2,1-4H3. The second-order valence-corrected chi connectivity index (χ2v) is 6.40. The third-order valence-electron chi connectivity index (χ3n) is 3.73. The van der Waals surface area contributed by atoms with Crippen molar-refractivity contribution in [1.29, 1.82) is 0 Å². The Labute approximate surface area is 118 Å². The molecule has 0 spiro atoms. The number of nitrogens with one attached hydrogen (secondary N) is 1. The minimum Gasteiger partial charge on any atom is -0.349 e. The highest BCUT2D eigenvalue weighted by molar-refractivity contribution is 5.75. The second kappa shape index (κ2) is 8.54. The lowest BCUT2D eigenvalue weighted by Crippen LogP contribution is -2.41. The lowest BCUT2D eigenvalue weighted by molar-refractivity contribution is -0.129. The third kappa shape index (κ3) is 6.92. The van der Waals surface area contributed by atoms with E-state index in [9.17, 15) is 4.79 Å². The van der Waals surface area contributed by atoms with Gasteiger partial charge in [0.1, 0.15) is 0 Å². The van der Waals surface area contributed by atoms with Crippen LogP contribution in [0.25, 0.3) is 0 Å². The van der Waals surface area contributed by atoms with Crippen molar-refractivity contribution < 1.29 is 4.79 Å². The molecular weight excluding hydrogens is 238 g/mol. The Morgan fingerprint density at radius 1 is 1.42 bits per heavy atom. The zero-order chi connectivity index (χ0) is 14.3. The van der Waals surface area contributed by atoms with Crippen molar-refractivity contribution in [3.8, 4) is 0 Å². The molecule has 1 amide bonds. The van der Waals surface area contributed by atoms with Gasteiger partial charge in [-0.2, -0.15) is 0 Å². The molecule has 1 N–H and O–H groups in total. The number of likely N-dealkylation sites (tertiary alicyclic amines) is 1. The molecule has 1 unspecified atom stereocenters. The summed E-state index contributed by atoms with van der Waals surface area (Å²) >= 11 is 0. The van der Waals surface area contributed by atoms with Crippen molar-refractivity contribution >= 4 is 5.91 Å². The molecule has 19 heavy (non-hydrogen) atoms. The molecule has 0 aliphatic carbocycles. The summed E-state index contributed by atoms with van der Waals surface area (Å²) in [4.78, 5) is 15.7. The number of carbonyl (C=O) groups is 1. The van der Waals surface area contributed by atoms with E-state index >= 15 is 0 Å². The van der Waals surface area contributed by atoms with Crippen LogP contribution < -0.4 is 5.32 Å². The molecule has 1 rings (SSSR count). The van der Waals surface area contributed by atoms with Gasteiger partial charge in [0.2, 0.25) is 5.91 Å². The van der Waals surface area contributed by atoms with Crippen LogP contribution in [0.3, 0.4) is 0 Å². The fourth-order valence-corrected chi connectivity index (χ4v) is 2.57. The van der Waals surface area contributed by atoms with Crippen molar-refractivity contribution in [3.63, 3.8) is 0 Å². The number of hydrogen-bond donors (Lipinski definition) is 1. The van der Waals surface area contributed by atoms with Gasteiger partial charge in [-0.1, -0.05) is 13.8 Å². The monoisotopic (exact) mass is 269 g/mol. The molecule has 1 aliphatic heterocycles. The van der Waals surface area contributed by atoms with Gasteiger partial charge in [-0.15, -0.1) is 0 Å². The highest BCUT2D eigenvalue weighted by Gasteiger charge is 2.20. The van der Waals surface area contributed by atoms with Gasteiger partial charge in [0, 0.05) is 33.6 Å². The third-order valence-corrected chi connectivity index (χ3v) is 3.73. The second-order valence-electron chi connectivity index (χ2n) is 6.40. The summed E-state index contributed by atoms with van der Waals surface area (Å²) in [6.45, 7) is 9.93. The Hall–Kier alpha value is -0.610. The fraction of sp³-hybridized carbons (Fsp3) is 0.933. The molecule has 1 saturated heterocycles. The van der Waals surface area contributed by atoms with E-state index in [2.05, 4.69) is 24.1 Å². The van der Waals surface area contributed by atoms with Gasteiger partial charge in [-0.25, -0.2) is 0 Å². The molecule has 0 aromatic rings. The first-order valence-corrected chi connectivity index (χ1v) is 7.62. The van der Waals surface area contributed by atoms with Crippen LogP contribution in [-0.4, -0.2) is 62.5 Å². The zero-order valence-corrected chi connectivity index (χ0v) is 13.1. The van der Waals surface area contributed by atoms with Crippen LogP contribution in [0.5, 0.6) is 0 Å². The van der Waals surface area contributed by atoms with Crippen LogP contribution in [-0.2, 0) is 4.79 Å². The van der Waals surface area contributed by atoms with Crippen LogP contribution in [0.4, 0.5) is 0 Å². The highest BCUT2D eigenvalue weighted by Crippen LogP contribution is 2.16. The molecule has 0 bridgehead atoms. The highest BCUT2D eigenvalue weighted by atomic mass is 16.2. The molecule has 4 nitrogen and oxygen atoms in total. The largest absolute Gasteiger partial charge is 0.349 e. The van der Waals surface area contributed by atoms with E-state index < -0.39 is 0 Å². The number of rotatable bonds is 7. The first-order valence-electron chi connectivity index (χ1n) is 7.62. The quantitative estimate of drug-likeness (QED) is 0.759. The minimum atomic E-state index is 0.236. The maximum Gasteiger partial charge on any atom is 0.223 e. The number of hydrogen-bond acceptors (Lipinski definition) is 3. The molecular formula is C15H31N3O. The lowest BCUT2D eigenvalue weighted by atomic mass is 9.97. The zero-order valence-electron chi connectivity index (χ0n) is 13.1. The van der Waals surface area contributed by atoms with E-state index in [1.165, 1.54) is 12.8 Å². The van der Waals surface area contributed by atoms with Gasteiger partial charge in [0.25, 0.3) is 0 Å². The van der Waals surface area contributed by atoms with Crippen LogP contribution in [0.1, 0.15) is 33.1 Å². The number of nitrogens with zero attached hydrogens (tertiary/aromatic N) is 2. The molecule has 0 radical (unpaired) electrons. The molecule has 0 saturated carbocycles. The van der Waals surface area contributed by atoms with E-state index in [4.69, 9.17) is 0 Å². The van der Waals surface area contributed by atoms with Crippen LogP contribution in [0, 0.1) is 11.8 Å². The van der Waals surface area contributed by atoms with Gasteiger partial charge in [0.05, 0.1) is 0 Å². The van der Waals surface area contributed by atoms with Gasteiger partial charge in [-0.05, 0) is 44.3 Å². The van der Waals surface area contributed by atoms with E-state index in [0.29, 0.717) is 6.42 Å². The molecule has 1 atom stereocenters. The van der Waals surface area contributed by atoms with Gasteiger partial charge in [-0.3, -0.25) is 4.79 Å². The van der Waals surface area contributed by atoms with E-state index in [0.717, 1.165) is 44.6 Å². The van der Waals surface area contributed by atoms with Crippen molar-refractivity contribution in [2.75, 3.05) is 46.8 Å². The lowest BCUT2D eigenvalue weighted by Gasteiger charge is -2.33. The Balaban J connectivity index is 2.20. The predicted molar refractivity (Wildman–Crippen MR) is 80.2 cm³/mol. The fourth-order valence-electron chi connectivity index (χ4n) is 2.57. The first kappa shape index (κ1) is 16.4. The van der Waals surface area contributed by atoms with Crippen molar-refractivity contribution in [1.82, 2.24) is 15.1 Å². The number of amides is 1. The van der Waals surface area contributed by atoms with Crippen molar-refractivity contribution in [2.45, 2.75) is 33.1 Å². The summed E-state index contributed by atoms with van der Waals surface area (Å²) in [5.41, 5.74) is 0. The van der Waals surface area contributed by atoms with Crippen LogP contribution in [0.15, 0.2) is 0 Å². The molecule has 1 fully saturated rings. The number of piperidine rings is 1. The molecule has 1 heterocycles. The first-order chi connectivity index (χ1) is 8.99. The predicted octanol–water partition coefficient (Wildman–Crippen LogP) is 1.42. The number of carbonyl (C=O) groups excluding carboxylic acids is 1. The summed E-state index contributed by atoms with van der Waals surface area (Å²) in [7, 11) is 3.66. The molecule has 112 valence electrons. The maximum absolute atomic E-state index is 11.6. The van der Waals surface area contributed by atoms with Crippen LogP contribution in [0.2, 0.25) is 0 Å². The minimum absolute atomic E-state index is 0.236. The van der Waals surface area contributed by atoms with E-state index in [1.54, 1.807) is 4.90 Å². The Morgan fingerprint density at radius 3 is 2.79 bits per heavy atom. The molecule has 0 aromatic carbocycles. The molecule has 0 aromatic heterocycles. The van der Waals surface area contributed by atoms with E-state index in [-0.39, 0.29) is 5.91 Å². The van der Waals surface area contributed by atoms with Gasteiger partial charge in [0.15, 0.2) is 0 Å². The van der Waals surface area contributed by atoms with Gasteiger partial charge < -0.3 is 15.1 Å². The summed E-state index contributed by atoms with van der Waals surface area (Å²) in [6.07, 6.45) is 3.24. The van der Waals surface area contributed by atoms with E-state index in [1.807, 2.05) is 14.1 Å². The van der Waals surface area contributed by atoms with Gasteiger partial charge >= 0.3 is 0 Å². The Morgan fingerprint density at radius 2 is 2.16 bits per heavy atom. The topological polar surface area (TPSA) is 35.6 Å². The van der Waals surface area contributed by atoms with Crippen LogP contribution >= 0.6 is 0 Å². The summed E-state index contributed by atoms with van der Waals surface area (Å²) < 4.78 is 0. The average molecular weight is 269 g/mol. The molecule has 4 heteroatoms. The smallest absolute Gasteiger partial charge is 0.223 e. The molecule has 1 aliphatic rings. The maximum atomic E-state index is 11.6. The normalized spacial score (nSPS) is 20.8. The SMILES string of the molecule is CC(C)CNCC1CCCN(CCC(=O)N(C)C)C1. The summed E-state index contributed by atoms with van der Waals surface area (Å²) in [5.74, 6) is 1.71. The Bertz CT molecular complexity index is 266. The van der Waals surface area contributed by atoms with Crippen molar-refractivity contribution in [3.05, 3.63) is 0 Å². The summed E-state index contributed by atoms with van der Waals surface area (Å²) in [5, 5.41) is 3.56. The van der Waals surface area contributed by atoms with Crippen molar-refractivity contribution in [2.24, 2.45) is 11.8 Å².